The van der Waals surface area contributed by atoms with Crippen LogP contribution in [0.3, 0.4) is 0 Å². The SMILES string of the molecule is C=CCn1c(SCC(=O)NCc2ccc(F)cc2)nnc1C(C)Oc1ccccc1OC. The molecular weight excluding hydrogens is 431 g/mol. The summed E-state index contributed by atoms with van der Waals surface area (Å²) in [6.07, 6.45) is 1.34. The minimum absolute atomic E-state index is 0.160. The highest BCUT2D eigenvalue weighted by molar-refractivity contribution is 7.99. The van der Waals surface area contributed by atoms with Gasteiger partial charge in [0.05, 0.1) is 12.9 Å². The van der Waals surface area contributed by atoms with Gasteiger partial charge in [-0.15, -0.1) is 16.8 Å². The first-order chi connectivity index (χ1) is 15.5. The predicted octanol–water partition coefficient (Wildman–Crippen LogP) is 4.16. The molecule has 3 aromatic rings. The molecular formula is C23H25FN4O3S. The lowest BCUT2D eigenvalue weighted by molar-refractivity contribution is -0.118. The number of hydrogen-bond donors (Lipinski definition) is 1. The van der Waals surface area contributed by atoms with Crippen molar-refractivity contribution < 1.29 is 18.7 Å². The van der Waals surface area contributed by atoms with Gasteiger partial charge in [-0.25, -0.2) is 4.39 Å². The normalized spacial score (nSPS) is 11.6. The maximum atomic E-state index is 13.0. The Labute approximate surface area is 190 Å². The molecule has 1 amide bonds. The molecule has 1 N–H and O–H groups in total. The van der Waals surface area contributed by atoms with E-state index in [0.29, 0.717) is 35.6 Å². The van der Waals surface area contributed by atoms with Crippen molar-refractivity contribution >= 4 is 17.7 Å². The number of rotatable bonds is 11. The van der Waals surface area contributed by atoms with Crippen molar-refractivity contribution in [2.24, 2.45) is 0 Å². The molecule has 9 heteroatoms. The molecule has 32 heavy (non-hydrogen) atoms. The van der Waals surface area contributed by atoms with Crippen LogP contribution in [0.4, 0.5) is 4.39 Å². The molecule has 3 rings (SSSR count). The van der Waals surface area contributed by atoms with E-state index in [1.54, 1.807) is 25.3 Å². The Balaban J connectivity index is 1.62. The van der Waals surface area contributed by atoms with Gasteiger partial charge in [-0.05, 0) is 36.8 Å². The molecule has 1 unspecified atom stereocenters. The lowest BCUT2D eigenvalue weighted by atomic mass is 10.2. The molecule has 2 aromatic carbocycles. The predicted molar refractivity (Wildman–Crippen MR) is 121 cm³/mol. The van der Waals surface area contributed by atoms with Crippen molar-refractivity contribution in [1.82, 2.24) is 20.1 Å². The molecule has 0 bridgehead atoms. The number of nitrogens with zero attached hydrogens (tertiary/aromatic N) is 3. The summed E-state index contributed by atoms with van der Waals surface area (Å²) in [5.74, 6) is 1.54. The topological polar surface area (TPSA) is 78.3 Å². The second kappa shape index (κ2) is 11.3. The summed E-state index contributed by atoms with van der Waals surface area (Å²) in [6, 6.07) is 13.4. The monoisotopic (exact) mass is 456 g/mol. The summed E-state index contributed by atoms with van der Waals surface area (Å²) in [5, 5.41) is 11.9. The quantitative estimate of drug-likeness (QED) is 0.345. The maximum absolute atomic E-state index is 13.0. The lowest BCUT2D eigenvalue weighted by Crippen LogP contribution is -2.24. The van der Waals surface area contributed by atoms with Crippen LogP contribution in [0.25, 0.3) is 0 Å². The number of amides is 1. The van der Waals surface area contributed by atoms with Crippen LogP contribution in [0.15, 0.2) is 66.3 Å². The molecule has 0 spiro atoms. The van der Waals surface area contributed by atoms with Gasteiger partial charge in [0.15, 0.2) is 28.6 Å². The number of carbonyl (C=O) groups excluding carboxylic acids is 1. The van der Waals surface area contributed by atoms with Crippen molar-refractivity contribution in [3.63, 3.8) is 0 Å². The molecule has 0 saturated carbocycles. The number of thioether (sulfide) groups is 1. The number of para-hydroxylation sites is 2. The molecule has 168 valence electrons. The third-order valence-electron chi connectivity index (χ3n) is 4.53. The number of methoxy groups -OCH3 is 1. The van der Waals surface area contributed by atoms with E-state index in [1.807, 2.05) is 35.8 Å². The van der Waals surface area contributed by atoms with Crippen LogP contribution in [-0.4, -0.2) is 33.5 Å². The van der Waals surface area contributed by atoms with Crippen LogP contribution in [0, 0.1) is 5.82 Å². The van der Waals surface area contributed by atoms with Gasteiger partial charge in [-0.3, -0.25) is 9.36 Å². The minimum atomic E-state index is -0.402. The zero-order valence-corrected chi connectivity index (χ0v) is 18.8. The smallest absolute Gasteiger partial charge is 0.230 e. The lowest BCUT2D eigenvalue weighted by Gasteiger charge is -2.17. The Bertz CT molecular complexity index is 1060. The number of allylic oxidation sites excluding steroid dienone is 1. The average Bonchev–Trinajstić information content (AvgIpc) is 3.20. The van der Waals surface area contributed by atoms with Gasteiger partial charge in [-0.2, -0.15) is 0 Å². The molecule has 0 saturated heterocycles. The number of ether oxygens (including phenoxy) is 2. The van der Waals surface area contributed by atoms with E-state index in [1.165, 1.54) is 23.9 Å². The highest BCUT2D eigenvalue weighted by Gasteiger charge is 2.20. The zero-order valence-electron chi connectivity index (χ0n) is 18.0. The third kappa shape index (κ3) is 6.10. The molecule has 1 atom stereocenters. The number of halogens is 1. The first-order valence-electron chi connectivity index (χ1n) is 9.99. The van der Waals surface area contributed by atoms with Crippen molar-refractivity contribution in [2.75, 3.05) is 12.9 Å². The van der Waals surface area contributed by atoms with Gasteiger partial charge in [0.2, 0.25) is 5.91 Å². The Morgan fingerprint density at radius 2 is 1.94 bits per heavy atom. The number of nitrogens with one attached hydrogen (secondary N) is 1. The Morgan fingerprint density at radius 1 is 1.22 bits per heavy atom. The fourth-order valence-corrected chi connectivity index (χ4v) is 3.74. The summed E-state index contributed by atoms with van der Waals surface area (Å²) < 4.78 is 26.2. The van der Waals surface area contributed by atoms with E-state index in [4.69, 9.17) is 9.47 Å². The van der Waals surface area contributed by atoms with Gasteiger partial charge in [0.1, 0.15) is 5.82 Å². The Hall–Kier alpha value is -3.33. The van der Waals surface area contributed by atoms with Crippen molar-refractivity contribution in [3.8, 4) is 11.5 Å². The molecule has 0 fully saturated rings. The molecule has 1 heterocycles. The van der Waals surface area contributed by atoms with Crippen LogP contribution < -0.4 is 14.8 Å². The van der Waals surface area contributed by atoms with E-state index < -0.39 is 6.10 Å². The van der Waals surface area contributed by atoms with Gasteiger partial charge >= 0.3 is 0 Å². The summed E-state index contributed by atoms with van der Waals surface area (Å²) in [5.41, 5.74) is 0.823. The van der Waals surface area contributed by atoms with E-state index in [-0.39, 0.29) is 17.5 Å². The van der Waals surface area contributed by atoms with Crippen molar-refractivity contribution in [3.05, 3.63) is 78.4 Å². The van der Waals surface area contributed by atoms with Gasteiger partial charge < -0.3 is 14.8 Å². The summed E-state index contributed by atoms with van der Waals surface area (Å²) >= 11 is 1.27. The molecule has 0 aliphatic carbocycles. The second-order valence-corrected chi connectivity index (χ2v) is 7.79. The van der Waals surface area contributed by atoms with E-state index in [0.717, 1.165) is 5.56 Å². The second-order valence-electron chi connectivity index (χ2n) is 6.84. The standard InChI is InChI=1S/C23H25FN4O3S/c1-4-13-28-22(16(2)31-20-8-6-5-7-19(20)30-3)26-27-23(28)32-15-21(29)25-14-17-9-11-18(24)12-10-17/h4-12,16H,1,13-15H2,2-3H3,(H,25,29). The van der Waals surface area contributed by atoms with Crippen LogP contribution in [0.1, 0.15) is 24.4 Å². The molecule has 7 nitrogen and oxygen atoms in total. The highest BCUT2D eigenvalue weighted by Crippen LogP contribution is 2.31. The summed E-state index contributed by atoms with van der Waals surface area (Å²) in [7, 11) is 1.59. The molecule has 0 radical (unpaired) electrons. The largest absolute Gasteiger partial charge is 0.493 e. The van der Waals surface area contributed by atoms with Gasteiger partial charge in [-0.1, -0.05) is 42.1 Å². The highest BCUT2D eigenvalue weighted by atomic mass is 32.2. The Kier molecular flexibility index (Phi) is 8.27. The fraction of sp³-hybridized carbons (Fsp3) is 0.261. The fourth-order valence-electron chi connectivity index (χ4n) is 2.95. The number of aromatic nitrogens is 3. The van der Waals surface area contributed by atoms with Crippen molar-refractivity contribution in [1.29, 1.82) is 0 Å². The first-order valence-corrected chi connectivity index (χ1v) is 11.0. The van der Waals surface area contributed by atoms with E-state index in [9.17, 15) is 9.18 Å². The summed E-state index contributed by atoms with van der Waals surface area (Å²) in [4.78, 5) is 12.3. The Morgan fingerprint density at radius 3 is 2.62 bits per heavy atom. The summed E-state index contributed by atoms with van der Waals surface area (Å²) in [6.45, 7) is 6.48. The maximum Gasteiger partial charge on any atom is 0.230 e. The third-order valence-corrected chi connectivity index (χ3v) is 5.50. The average molecular weight is 457 g/mol. The molecule has 0 aliphatic rings. The van der Waals surface area contributed by atoms with Crippen LogP contribution >= 0.6 is 11.8 Å². The zero-order chi connectivity index (χ0) is 22.9. The minimum Gasteiger partial charge on any atom is -0.493 e. The van der Waals surface area contributed by atoms with Gasteiger partial charge in [0, 0.05) is 13.1 Å². The number of benzene rings is 2. The van der Waals surface area contributed by atoms with Gasteiger partial charge in [0.25, 0.3) is 0 Å². The molecule has 1 aromatic heterocycles. The van der Waals surface area contributed by atoms with Crippen LogP contribution in [0.5, 0.6) is 11.5 Å². The van der Waals surface area contributed by atoms with Crippen molar-refractivity contribution in [2.45, 2.75) is 31.3 Å². The first kappa shape index (κ1) is 23.3. The number of hydrogen-bond acceptors (Lipinski definition) is 6. The van der Waals surface area contributed by atoms with Crippen LogP contribution in [0.2, 0.25) is 0 Å². The molecule has 0 aliphatic heterocycles. The van der Waals surface area contributed by atoms with E-state index >= 15 is 0 Å². The van der Waals surface area contributed by atoms with Crippen LogP contribution in [-0.2, 0) is 17.9 Å². The van der Waals surface area contributed by atoms with E-state index in [2.05, 4.69) is 22.1 Å². The number of carbonyl (C=O) groups is 1.